The van der Waals surface area contributed by atoms with Crippen LogP contribution in [0.5, 0.6) is 0 Å². The van der Waals surface area contributed by atoms with Crippen LogP contribution >= 0.6 is 0 Å². The van der Waals surface area contributed by atoms with E-state index in [-0.39, 0.29) is 17.3 Å². The minimum atomic E-state index is -3.89. The SMILES string of the molecule is CC(=O)Nc1ccc(S(=O)(=O)N(C)CC(=O)Nc2c3c(nn2-c2ccccc2)CCC3)cc1. The Morgan fingerprint density at radius 3 is 2.39 bits per heavy atom. The Hall–Kier alpha value is -3.50. The molecule has 0 unspecified atom stereocenters. The molecule has 0 bridgehead atoms. The van der Waals surface area contributed by atoms with Crippen LogP contribution in [0.3, 0.4) is 0 Å². The predicted octanol–water partition coefficient (Wildman–Crippen LogP) is 2.58. The van der Waals surface area contributed by atoms with Crippen LogP contribution in [0.15, 0.2) is 59.5 Å². The Kier molecular flexibility index (Phi) is 6.30. The number of nitrogens with zero attached hydrogens (tertiary/aromatic N) is 3. The van der Waals surface area contributed by atoms with Gasteiger partial charge in [-0.1, -0.05) is 18.2 Å². The highest BCUT2D eigenvalue weighted by molar-refractivity contribution is 7.89. The summed E-state index contributed by atoms with van der Waals surface area (Å²) in [5, 5.41) is 10.1. The van der Waals surface area contributed by atoms with E-state index in [2.05, 4.69) is 15.7 Å². The fourth-order valence-electron chi connectivity index (χ4n) is 3.83. The van der Waals surface area contributed by atoms with E-state index in [0.29, 0.717) is 11.5 Å². The Morgan fingerprint density at radius 1 is 1.03 bits per heavy atom. The van der Waals surface area contributed by atoms with Crippen molar-refractivity contribution in [1.29, 1.82) is 0 Å². The quantitative estimate of drug-likeness (QED) is 0.555. The summed E-state index contributed by atoms with van der Waals surface area (Å²) in [6.07, 6.45) is 2.63. The van der Waals surface area contributed by atoms with Crippen molar-refractivity contribution in [3.05, 3.63) is 65.9 Å². The summed E-state index contributed by atoms with van der Waals surface area (Å²) in [5.74, 6) is -0.118. The van der Waals surface area contributed by atoms with Gasteiger partial charge in [0.25, 0.3) is 0 Å². The molecule has 33 heavy (non-hydrogen) atoms. The zero-order valence-corrected chi connectivity index (χ0v) is 19.2. The third-order valence-corrected chi connectivity index (χ3v) is 7.23. The zero-order chi connectivity index (χ0) is 23.6. The number of fused-ring (bicyclic) bond motifs is 1. The van der Waals surface area contributed by atoms with Crippen LogP contribution in [0.4, 0.5) is 11.5 Å². The molecule has 0 saturated carbocycles. The molecule has 4 rings (SSSR count). The van der Waals surface area contributed by atoms with Crippen LogP contribution in [0.2, 0.25) is 0 Å². The third-order valence-electron chi connectivity index (χ3n) is 5.41. The van der Waals surface area contributed by atoms with Gasteiger partial charge in [0, 0.05) is 25.2 Å². The number of aromatic nitrogens is 2. The molecule has 0 aliphatic heterocycles. The van der Waals surface area contributed by atoms with Gasteiger partial charge in [0.15, 0.2) is 0 Å². The first kappa shape index (κ1) is 22.7. The molecule has 0 spiro atoms. The van der Waals surface area contributed by atoms with Crippen molar-refractivity contribution in [1.82, 2.24) is 14.1 Å². The molecule has 3 aromatic rings. The lowest BCUT2D eigenvalue weighted by Crippen LogP contribution is -2.35. The molecular formula is C23H25N5O4S. The van der Waals surface area contributed by atoms with Gasteiger partial charge in [0.2, 0.25) is 21.8 Å². The third kappa shape index (κ3) is 4.81. The van der Waals surface area contributed by atoms with Gasteiger partial charge >= 0.3 is 0 Å². The number of para-hydroxylation sites is 1. The average Bonchev–Trinajstić information content (AvgIpc) is 3.37. The number of carbonyl (C=O) groups is 2. The first-order valence-electron chi connectivity index (χ1n) is 10.6. The van der Waals surface area contributed by atoms with E-state index in [4.69, 9.17) is 0 Å². The monoisotopic (exact) mass is 467 g/mol. The first-order chi connectivity index (χ1) is 15.8. The Labute approximate surface area is 192 Å². The summed E-state index contributed by atoms with van der Waals surface area (Å²) < 4.78 is 28.5. The van der Waals surface area contributed by atoms with Crippen LogP contribution in [0.1, 0.15) is 24.6 Å². The molecule has 10 heteroatoms. The summed E-state index contributed by atoms with van der Waals surface area (Å²) in [4.78, 5) is 24.0. The van der Waals surface area contributed by atoms with Crippen molar-refractivity contribution in [2.24, 2.45) is 0 Å². The van der Waals surface area contributed by atoms with Crippen molar-refractivity contribution >= 4 is 33.3 Å². The van der Waals surface area contributed by atoms with Gasteiger partial charge < -0.3 is 10.6 Å². The second kappa shape index (κ2) is 9.16. The second-order valence-corrected chi connectivity index (χ2v) is 9.93. The van der Waals surface area contributed by atoms with Gasteiger partial charge in [-0.15, -0.1) is 0 Å². The number of anilines is 2. The standard InChI is InChI=1S/C23H25N5O4S/c1-16(29)24-17-11-13-19(14-12-17)33(31,32)27(2)15-22(30)25-23-20-9-6-10-21(20)26-28(23)18-7-4-3-5-8-18/h3-5,7-8,11-14H,6,9-10,15H2,1-2H3,(H,24,29)(H,25,30). The van der Waals surface area contributed by atoms with Gasteiger partial charge in [-0.3, -0.25) is 9.59 Å². The predicted molar refractivity (Wildman–Crippen MR) is 125 cm³/mol. The minimum Gasteiger partial charge on any atom is -0.326 e. The molecule has 2 amide bonds. The number of likely N-dealkylation sites (N-methyl/N-ethyl adjacent to an activating group) is 1. The van der Waals surface area contributed by atoms with E-state index in [0.717, 1.165) is 40.5 Å². The minimum absolute atomic E-state index is 0.0297. The molecule has 1 heterocycles. The molecule has 2 N–H and O–H groups in total. The molecule has 0 atom stereocenters. The van der Waals surface area contributed by atoms with Crippen LogP contribution < -0.4 is 10.6 Å². The number of carbonyl (C=O) groups excluding carboxylic acids is 2. The van der Waals surface area contributed by atoms with Crippen LogP contribution in [-0.4, -0.2) is 47.9 Å². The lowest BCUT2D eigenvalue weighted by atomic mass is 10.2. The summed E-state index contributed by atoms with van der Waals surface area (Å²) >= 11 is 0. The highest BCUT2D eigenvalue weighted by Crippen LogP contribution is 2.31. The van der Waals surface area contributed by atoms with Gasteiger partial charge in [0.05, 0.1) is 22.8 Å². The molecule has 172 valence electrons. The zero-order valence-electron chi connectivity index (χ0n) is 18.4. The molecule has 2 aromatic carbocycles. The van der Waals surface area contributed by atoms with E-state index < -0.39 is 15.9 Å². The molecular weight excluding hydrogens is 442 g/mol. The number of benzene rings is 2. The molecule has 0 saturated heterocycles. The van der Waals surface area contributed by atoms with Crippen molar-refractivity contribution in [2.75, 3.05) is 24.2 Å². The molecule has 1 aliphatic rings. The number of rotatable bonds is 7. The van der Waals surface area contributed by atoms with Gasteiger partial charge in [-0.05, 0) is 55.7 Å². The summed E-state index contributed by atoms with van der Waals surface area (Å²) in [5.41, 5.74) is 3.26. The van der Waals surface area contributed by atoms with E-state index in [1.54, 1.807) is 4.68 Å². The lowest BCUT2D eigenvalue weighted by molar-refractivity contribution is -0.116. The largest absolute Gasteiger partial charge is 0.326 e. The number of amides is 2. The van der Waals surface area contributed by atoms with Gasteiger partial charge in [-0.25, -0.2) is 13.1 Å². The average molecular weight is 468 g/mol. The topological polar surface area (TPSA) is 113 Å². The maximum absolute atomic E-state index is 12.9. The number of aryl methyl sites for hydroxylation is 1. The Balaban J connectivity index is 1.51. The van der Waals surface area contributed by atoms with E-state index in [1.165, 1.54) is 38.2 Å². The van der Waals surface area contributed by atoms with Crippen LogP contribution in [0.25, 0.3) is 5.69 Å². The highest BCUT2D eigenvalue weighted by atomic mass is 32.2. The maximum atomic E-state index is 12.9. The smallest absolute Gasteiger partial charge is 0.243 e. The fourth-order valence-corrected chi connectivity index (χ4v) is 4.96. The van der Waals surface area contributed by atoms with Crippen molar-refractivity contribution in [3.8, 4) is 5.69 Å². The van der Waals surface area contributed by atoms with E-state index in [1.807, 2.05) is 30.3 Å². The van der Waals surface area contributed by atoms with E-state index in [9.17, 15) is 18.0 Å². The lowest BCUT2D eigenvalue weighted by Gasteiger charge is -2.18. The molecule has 1 aliphatic carbocycles. The molecule has 0 fully saturated rings. The molecule has 9 nitrogen and oxygen atoms in total. The van der Waals surface area contributed by atoms with Gasteiger partial charge in [0.1, 0.15) is 5.82 Å². The van der Waals surface area contributed by atoms with Crippen molar-refractivity contribution < 1.29 is 18.0 Å². The van der Waals surface area contributed by atoms with Crippen LogP contribution in [-0.2, 0) is 32.5 Å². The Bertz CT molecular complexity index is 1280. The fraction of sp³-hybridized carbons (Fsp3) is 0.261. The van der Waals surface area contributed by atoms with Crippen LogP contribution in [0, 0.1) is 0 Å². The second-order valence-electron chi connectivity index (χ2n) is 7.89. The summed E-state index contributed by atoms with van der Waals surface area (Å²) in [7, 11) is -2.54. The molecule has 0 radical (unpaired) electrons. The maximum Gasteiger partial charge on any atom is 0.243 e. The Morgan fingerprint density at radius 2 is 1.73 bits per heavy atom. The summed E-state index contributed by atoms with van der Waals surface area (Å²) in [6, 6.07) is 15.3. The number of hydrogen-bond acceptors (Lipinski definition) is 5. The first-order valence-corrected chi connectivity index (χ1v) is 12.0. The number of nitrogens with one attached hydrogen (secondary N) is 2. The highest BCUT2D eigenvalue weighted by Gasteiger charge is 2.27. The normalized spacial score (nSPS) is 13.1. The van der Waals surface area contributed by atoms with Gasteiger partial charge in [-0.2, -0.15) is 9.40 Å². The van der Waals surface area contributed by atoms with E-state index >= 15 is 0 Å². The van der Waals surface area contributed by atoms with Crippen molar-refractivity contribution in [2.45, 2.75) is 31.1 Å². The van der Waals surface area contributed by atoms with Crippen molar-refractivity contribution in [3.63, 3.8) is 0 Å². The number of sulfonamides is 1. The summed E-state index contributed by atoms with van der Waals surface area (Å²) in [6.45, 7) is 1.01. The molecule has 1 aromatic heterocycles. The number of hydrogen-bond donors (Lipinski definition) is 2.